The molecule has 0 saturated carbocycles. The van der Waals surface area contributed by atoms with Crippen molar-refractivity contribution in [1.82, 2.24) is 9.55 Å². The highest BCUT2D eigenvalue weighted by molar-refractivity contribution is 7.99. The number of nitrogens with zero attached hydrogens (tertiary/aromatic N) is 3. The summed E-state index contributed by atoms with van der Waals surface area (Å²) < 4.78 is 12.3. The lowest BCUT2D eigenvalue weighted by atomic mass is 9.83. The van der Waals surface area contributed by atoms with Crippen LogP contribution in [0, 0.1) is 0 Å². The van der Waals surface area contributed by atoms with Gasteiger partial charge in [0, 0.05) is 36.0 Å². The van der Waals surface area contributed by atoms with Crippen LogP contribution in [0.5, 0.6) is 11.5 Å². The molecule has 3 aromatic carbocycles. The van der Waals surface area contributed by atoms with E-state index < -0.39 is 0 Å². The lowest BCUT2D eigenvalue weighted by Crippen LogP contribution is -2.24. The van der Waals surface area contributed by atoms with Crippen molar-refractivity contribution in [2.24, 2.45) is 0 Å². The number of methoxy groups -OCH3 is 2. The molecule has 4 aromatic rings. The summed E-state index contributed by atoms with van der Waals surface area (Å²) >= 11 is 1.24. The molecule has 5 rings (SSSR count). The van der Waals surface area contributed by atoms with Crippen LogP contribution < -0.4 is 19.9 Å². The van der Waals surface area contributed by atoms with Crippen molar-refractivity contribution in [2.45, 2.75) is 24.4 Å². The third-order valence-electron chi connectivity index (χ3n) is 6.95. The van der Waals surface area contributed by atoms with Crippen LogP contribution in [0.15, 0.2) is 88.5 Å². The highest BCUT2D eigenvalue weighted by atomic mass is 32.2. The number of hydrogen-bond acceptors (Lipinski definition) is 7. The predicted octanol–water partition coefficient (Wildman–Crippen LogP) is 5.38. The minimum Gasteiger partial charge on any atom is -0.493 e. The summed E-state index contributed by atoms with van der Waals surface area (Å²) in [5.41, 5.74) is 3.86. The van der Waals surface area contributed by atoms with E-state index in [0.29, 0.717) is 33.2 Å². The van der Waals surface area contributed by atoms with Crippen molar-refractivity contribution < 1.29 is 14.3 Å². The molecule has 2 heterocycles. The first-order valence-corrected chi connectivity index (χ1v) is 13.2. The summed E-state index contributed by atoms with van der Waals surface area (Å²) in [5, 5.41) is 0.919. The minimum atomic E-state index is -0.297. The first-order chi connectivity index (χ1) is 18.3. The fraction of sp³-hybridized carbons (Fsp3) is 0.233. The highest BCUT2D eigenvalue weighted by Gasteiger charge is 2.38. The molecule has 0 atom stereocenters. The Balaban J connectivity index is 1.51. The number of ketones is 1. The van der Waals surface area contributed by atoms with Crippen LogP contribution in [0.4, 0.5) is 5.69 Å². The molecule has 38 heavy (non-hydrogen) atoms. The molecule has 0 unspecified atom stereocenters. The van der Waals surface area contributed by atoms with Crippen LogP contribution in [-0.2, 0) is 10.2 Å². The van der Waals surface area contributed by atoms with Gasteiger partial charge in [-0.3, -0.25) is 14.2 Å². The highest BCUT2D eigenvalue weighted by Crippen LogP contribution is 2.46. The van der Waals surface area contributed by atoms with E-state index in [2.05, 4.69) is 30.9 Å². The number of ether oxygens (including phenoxy) is 2. The molecule has 0 radical (unpaired) electrons. The van der Waals surface area contributed by atoms with Gasteiger partial charge in [-0.2, -0.15) is 0 Å². The van der Waals surface area contributed by atoms with Gasteiger partial charge in [-0.1, -0.05) is 55.9 Å². The summed E-state index contributed by atoms with van der Waals surface area (Å²) in [6, 6.07) is 20.7. The molecule has 7 nitrogen and oxygen atoms in total. The Bertz CT molecular complexity index is 1640. The number of fused-ring (bicyclic) bond motifs is 2. The number of carbonyl (C=O) groups is 1. The van der Waals surface area contributed by atoms with Crippen LogP contribution in [0.25, 0.3) is 16.6 Å². The van der Waals surface area contributed by atoms with Gasteiger partial charge in [0.2, 0.25) is 0 Å². The molecule has 8 heteroatoms. The number of carbonyl (C=O) groups excluding carboxylic acids is 1. The van der Waals surface area contributed by atoms with Crippen molar-refractivity contribution in [3.63, 3.8) is 0 Å². The number of para-hydroxylation sites is 2. The molecular weight excluding hydrogens is 498 g/mol. The van der Waals surface area contributed by atoms with Gasteiger partial charge in [-0.25, -0.2) is 4.98 Å². The molecular formula is C30H29N3O4S. The third kappa shape index (κ3) is 4.35. The first-order valence-electron chi connectivity index (χ1n) is 12.2. The maximum Gasteiger partial charge on any atom is 0.266 e. The Morgan fingerprint density at radius 2 is 1.71 bits per heavy atom. The fourth-order valence-electron chi connectivity index (χ4n) is 4.99. The molecule has 0 bridgehead atoms. The zero-order chi connectivity index (χ0) is 27.0. The fourth-order valence-corrected chi connectivity index (χ4v) is 5.82. The standard InChI is InChI=1S/C30H29N3O4S/c1-30(2)22-11-7-9-13-24(22)32(3)27(30)17-20(34)18-38-29-31-23-12-8-6-10-21(23)28(35)33(29)19-14-15-25(36-4)26(16-19)37-5/h6-17H,18H2,1-5H3/b27-17+. The van der Waals surface area contributed by atoms with E-state index >= 15 is 0 Å². The number of benzene rings is 3. The van der Waals surface area contributed by atoms with Crippen molar-refractivity contribution in [1.29, 1.82) is 0 Å². The average Bonchev–Trinajstić information content (AvgIpc) is 3.12. The van der Waals surface area contributed by atoms with E-state index in [0.717, 1.165) is 11.4 Å². The normalized spacial score (nSPS) is 15.1. The second kappa shape index (κ2) is 10.0. The van der Waals surface area contributed by atoms with E-state index in [-0.39, 0.29) is 22.5 Å². The molecule has 0 amide bonds. The van der Waals surface area contributed by atoms with E-state index in [1.807, 2.05) is 31.3 Å². The van der Waals surface area contributed by atoms with Gasteiger partial charge < -0.3 is 14.4 Å². The topological polar surface area (TPSA) is 73.7 Å². The lowest BCUT2D eigenvalue weighted by Gasteiger charge is -2.24. The Labute approximate surface area is 225 Å². The van der Waals surface area contributed by atoms with Gasteiger partial charge >= 0.3 is 0 Å². The zero-order valence-corrected chi connectivity index (χ0v) is 22.8. The summed E-state index contributed by atoms with van der Waals surface area (Å²) in [4.78, 5) is 33.7. The number of allylic oxidation sites excluding steroid dienone is 2. The number of rotatable bonds is 7. The molecule has 0 aliphatic carbocycles. The second-order valence-corrected chi connectivity index (χ2v) is 10.5. The largest absolute Gasteiger partial charge is 0.493 e. The van der Waals surface area contributed by atoms with Crippen molar-refractivity contribution in [3.05, 3.63) is 94.4 Å². The van der Waals surface area contributed by atoms with Crippen LogP contribution in [0.1, 0.15) is 19.4 Å². The Morgan fingerprint density at radius 3 is 2.45 bits per heavy atom. The van der Waals surface area contributed by atoms with Crippen molar-refractivity contribution >= 4 is 34.1 Å². The van der Waals surface area contributed by atoms with E-state index in [9.17, 15) is 9.59 Å². The Morgan fingerprint density at radius 1 is 1.00 bits per heavy atom. The maximum atomic E-state index is 13.6. The molecule has 0 saturated heterocycles. The molecule has 0 fully saturated rings. The number of thioether (sulfide) groups is 1. The van der Waals surface area contributed by atoms with Gasteiger partial charge in [-0.15, -0.1) is 0 Å². The van der Waals surface area contributed by atoms with Gasteiger partial charge in [0.15, 0.2) is 22.4 Å². The summed E-state index contributed by atoms with van der Waals surface area (Å²) in [6.45, 7) is 4.25. The molecule has 1 aliphatic rings. The first kappa shape index (κ1) is 25.6. The van der Waals surface area contributed by atoms with Crippen LogP contribution in [-0.4, -0.2) is 42.4 Å². The van der Waals surface area contributed by atoms with Gasteiger partial charge in [0.05, 0.1) is 36.6 Å². The lowest BCUT2D eigenvalue weighted by molar-refractivity contribution is -0.112. The number of anilines is 1. The van der Waals surface area contributed by atoms with E-state index in [1.54, 1.807) is 50.6 Å². The molecule has 194 valence electrons. The average molecular weight is 528 g/mol. The monoisotopic (exact) mass is 527 g/mol. The molecule has 0 N–H and O–H groups in total. The Hall–Kier alpha value is -4.04. The number of aromatic nitrogens is 2. The van der Waals surface area contributed by atoms with E-state index in [1.165, 1.54) is 21.9 Å². The summed E-state index contributed by atoms with van der Waals surface area (Å²) in [7, 11) is 5.09. The Kier molecular flexibility index (Phi) is 6.75. The summed E-state index contributed by atoms with van der Waals surface area (Å²) in [6.07, 6.45) is 1.72. The number of likely N-dealkylation sites (N-methyl/N-ethyl adjacent to an activating group) is 1. The zero-order valence-electron chi connectivity index (χ0n) is 22.0. The second-order valence-electron chi connectivity index (χ2n) is 9.58. The molecule has 1 aliphatic heterocycles. The van der Waals surface area contributed by atoms with Crippen molar-refractivity contribution in [2.75, 3.05) is 31.9 Å². The molecule has 1 aromatic heterocycles. The van der Waals surface area contributed by atoms with Gasteiger partial charge in [-0.05, 0) is 35.9 Å². The number of hydrogen-bond donors (Lipinski definition) is 0. The third-order valence-corrected chi connectivity index (χ3v) is 7.91. The van der Waals surface area contributed by atoms with Gasteiger partial charge in [0.25, 0.3) is 5.56 Å². The van der Waals surface area contributed by atoms with E-state index in [4.69, 9.17) is 14.5 Å². The minimum absolute atomic E-state index is 0.0565. The van der Waals surface area contributed by atoms with Crippen molar-refractivity contribution in [3.8, 4) is 17.2 Å². The SMILES string of the molecule is COc1ccc(-n2c(SCC(=O)/C=C3/N(C)c4ccccc4C3(C)C)nc3ccccc3c2=O)cc1OC. The summed E-state index contributed by atoms with van der Waals surface area (Å²) in [5.74, 6) is 1.12. The quantitative estimate of drug-likeness (QED) is 0.182. The van der Waals surface area contributed by atoms with Crippen LogP contribution >= 0.6 is 11.8 Å². The van der Waals surface area contributed by atoms with Crippen LogP contribution in [0.3, 0.4) is 0 Å². The van der Waals surface area contributed by atoms with Gasteiger partial charge in [0.1, 0.15) is 0 Å². The van der Waals surface area contributed by atoms with Crippen LogP contribution in [0.2, 0.25) is 0 Å². The maximum absolute atomic E-state index is 13.6. The smallest absolute Gasteiger partial charge is 0.266 e. The predicted molar refractivity (Wildman–Crippen MR) is 152 cm³/mol. The molecule has 0 spiro atoms.